The fourth-order valence-corrected chi connectivity index (χ4v) is 1.78. The zero-order valence-electron chi connectivity index (χ0n) is 9.71. The van der Waals surface area contributed by atoms with E-state index in [2.05, 4.69) is 20.6 Å². The first-order valence-electron chi connectivity index (χ1n) is 5.47. The van der Waals surface area contributed by atoms with Crippen LogP contribution in [0.5, 0.6) is 0 Å². The zero-order chi connectivity index (χ0) is 12.5. The first kappa shape index (κ1) is 10.5. The molecule has 0 fully saturated rings. The molecular weight excluding hydrogens is 230 g/mol. The average Bonchev–Trinajstić information content (AvgIpc) is 2.97. The lowest BCUT2D eigenvalue weighted by Gasteiger charge is -1.99. The third kappa shape index (κ3) is 1.73. The number of benzene rings is 1. The Balaban J connectivity index is 1.90. The van der Waals surface area contributed by atoms with Crippen molar-refractivity contribution < 1.29 is 4.79 Å². The Kier molecular flexibility index (Phi) is 2.33. The Morgan fingerprint density at radius 1 is 1.39 bits per heavy atom. The number of carbonyl (C=O) groups is 1. The minimum atomic E-state index is -0.222. The number of hydrogen-bond donors (Lipinski definition) is 2. The van der Waals surface area contributed by atoms with Crippen LogP contribution in [0.3, 0.4) is 0 Å². The van der Waals surface area contributed by atoms with Gasteiger partial charge in [0.1, 0.15) is 0 Å². The Labute approximate surface area is 103 Å². The number of hydrogen-bond acceptors (Lipinski definition) is 3. The second kappa shape index (κ2) is 3.99. The van der Waals surface area contributed by atoms with Gasteiger partial charge in [0.15, 0.2) is 5.82 Å². The maximum absolute atomic E-state index is 12.0. The minimum absolute atomic E-state index is 0.222. The fourth-order valence-electron chi connectivity index (χ4n) is 1.78. The molecule has 1 amide bonds. The quantitative estimate of drug-likeness (QED) is 0.714. The number of para-hydroxylation sites is 1. The molecule has 6 nitrogen and oxygen atoms in total. The first-order valence-corrected chi connectivity index (χ1v) is 5.47. The second-order valence-electron chi connectivity index (χ2n) is 3.97. The van der Waals surface area contributed by atoms with E-state index in [1.165, 1.54) is 6.20 Å². The molecule has 0 radical (unpaired) electrons. The molecule has 0 aliphatic carbocycles. The molecule has 3 aromatic rings. The topological polar surface area (TPSA) is 75.6 Å². The van der Waals surface area contributed by atoms with Crippen LogP contribution in [0.15, 0.2) is 36.7 Å². The van der Waals surface area contributed by atoms with Crippen molar-refractivity contribution in [2.75, 3.05) is 5.32 Å². The SMILES string of the molecule is Cn1cc(C(=O)Nc2n[nH]c3ccccc23)cn1. The van der Waals surface area contributed by atoms with Gasteiger partial charge in [-0.25, -0.2) is 0 Å². The van der Waals surface area contributed by atoms with Crippen LogP contribution < -0.4 is 5.32 Å². The monoisotopic (exact) mass is 241 g/mol. The minimum Gasteiger partial charge on any atom is -0.304 e. The largest absolute Gasteiger partial charge is 0.304 e. The summed E-state index contributed by atoms with van der Waals surface area (Å²) in [6.45, 7) is 0. The van der Waals surface area contributed by atoms with Crippen molar-refractivity contribution in [3.05, 3.63) is 42.2 Å². The van der Waals surface area contributed by atoms with Gasteiger partial charge in [-0.1, -0.05) is 12.1 Å². The van der Waals surface area contributed by atoms with Crippen LogP contribution >= 0.6 is 0 Å². The molecule has 0 saturated heterocycles. The summed E-state index contributed by atoms with van der Waals surface area (Å²) >= 11 is 0. The van der Waals surface area contributed by atoms with Crippen molar-refractivity contribution in [3.63, 3.8) is 0 Å². The van der Waals surface area contributed by atoms with E-state index in [0.29, 0.717) is 11.4 Å². The summed E-state index contributed by atoms with van der Waals surface area (Å²) in [5.74, 6) is 0.305. The van der Waals surface area contributed by atoms with Gasteiger partial charge in [0.05, 0.1) is 17.3 Å². The van der Waals surface area contributed by atoms with Crippen molar-refractivity contribution in [3.8, 4) is 0 Å². The molecule has 0 unspecified atom stereocenters. The lowest BCUT2D eigenvalue weighted by molar-refractivity contribution is 0.102. The lowest BCUT2D eigenvalue weighted by Crippen LogP contribution is -2.11. The number of aromatic amines is 1. The van der Waals surface area contributed by atoms with Gasteiger partial charge in [0.25, 0.3) is 5.91 Å². The van der Waals surface area contributed by atoms with E-state index in [1.54, 1.807) is 17.9 Å². The van der Waals surface area contributed by atoms with Crippen LogP contribution in [0.4, 0.5) is 5.82 Å². The highest BCUT2D eigenvalue weighted by molar-refractivity contribution is 6.07. The molecule has 2 aromatic heterocycles. The molecular formula is C12H11N5O. The smallest absolute Gasteiger partial charge is 0.260 e. The van der Waals surface area contributed by atoms with Gasteiger partial charge in [-0.05, 0) is 12.1 Å². The average molecular weight is 241 g/mol. The molecule has 0 aliphatic heterocycles. The summed E-state index contributed by atoms with van der Waals surface area (Å²) in [4.78, 5) is 12.0. The summed E-state index contributed by atoms with van der Waals surface area (Å²) < 4.78 is 1.58. The van der Waals surface area contributed by atoms with E-state index < -0.39 is 0 Å². The molecule has 6 heteroatoms. The maximum Gasteiger partial charge on any atom is 0.260 e. The van der Waals surface area contributed by atoms with Crippen molar-refractivity contribution in [1.29, 1.82) is 0 Å². The van der Waals surface area contributed by atoms with Crippen LogP contribution in [-0.2, 0) is 7.05 Å². The number of aryl methyl sites for hydroxylation is 1. The predicted octanol–water partition coefficient (Wildman–Crippen LogP) is 1.55. The number of fused-ring (bicyclic) bond motifs is 1. The molecule has 90 valence electrons. The number of anilines is 1. The van der Waals surface area contributed by atoms with E-state index in [1.807, 2.05) is 24.3 Å². The molecule has 3 rings (SSSR count). The third-order valence-corrected chi connectivity index (χ3v) is 2.67. The predicted molar refractivity (Wildman–Crippen MR) is 67.3 cm³/mol. The van der Waals surface area contributed by atoms with Crippen molar-refractivity contribution in [1.82, 2.24) is 20.0 Å². The van der Waals surface area contributed by atoms with Gasteiger partial charge in [-0.2, -0.15) is 10.2 Å². The zero-order valence-corrected chi connectivity index (χ0v) is 9.71. The van der Waals surface area contributed by atoms with Gasteiger partial charge < -0.3 is 5.32 Å². The molecule has 2 heterocycles. The van der Waals surface area contributed by atoms with Gasteiger partial charge in [0.2, 0.25) is 0 Å². The summed E-state index contributed by atoms with van der Waals surface area (Å²) in [6, 6.07) is 7.62. The lowest BCUT2D eigenvalue weighted by atomic mass is 10.2. The van der Waals surface area contributed by atoms with Crippen molar-refractivity contribution in [2.45, 2.75) is 0 Å². The van der Waals surface area contributed by atoms with Crippen molar-refractivity contribution >= 4 is 22.6 Å². The Bertz CT molecular complexity index is 712. The van der Waals surface area contributed by atoms with Crippen LogP contribution in [0.25, 0.3) is 10.9 Å². The Hall–Kier alpha value is -2.63. The molecule has 0 saturated carbocycles. The number of nitrogens with one attached hydrogen (secondary N) is 2. The molecule has 2 N–H and O–H groups in total. The number of H-pyrrole nitrogens is 1. The molecule has 1 aromatic carbocycles. The van der Waals surface area contributed by atoms with E-state index in [9.17, 15) is 4.79 Å². The normalized spacial score (nSPS) is 10.7. The molecule has 0 aliphatic rings. The molecule has 0 spiro atoms. The highest BCUT2D eigenvalue weighted by atomic mass is 16.1. The van der Waals surface area contributed by atoms with E-state index in [0.717, 1.165) is 10.9 Å². The number of amides is 1. The molecule has 18 heavy (non-hydrogen) atoms. The van der Waals surface area contributed by atoms with Crippen molar-refractivity contribution in [2.24, 2.45) is 7.05 Å². The summed E-state index contributed by atoms with van der Waals surface area (Å²) in [5.41, 5.74) is 1.39. The molecule has 0 atom stereocenters. The van der Waals surface area contributed by atoms with E-state index >= 15 is 0 Å². The summed E-state index contributed by atoms with van der Waals surface area (Å²) in [6.07, 6.45) is 3.17. The van der Waals surface area contributed by atoms with Gasteiger partial charge in [-0.3, -0.25) is 14.6 Å². The van der Waals surface area contributed by atoms with E-state index in [4.69, 9.17) is 0 Å². The fraction of sp³-hybridized carbons (Fsp3) is 0.0833. The number of aromatic nitrogens is 4. The van der Waals surface area contributed by atoms with Gasteiger partial charge in [-0.15, -0.1) is 0 Å². The summed E-state index contributed by atoms with van der Waals surface area (Å²) in [5, 5.41) is 14.5. The van der Waals surface area contributed by atoms with Gasteiger partial charge in [0, 0.05) is 18.6 Å². The van der Waals surface area contributed by atoms with Crippen LogP contribution in [0.2, 0.25) is 0 Å². The van der Waals surface area contributed by atoms with Crippen LogP contribution in [-0.4, -0.2) is 25.9 Å². The highest BCUT2D eigenvalue weighted by Crippen LogP contribution is 2.19. The summed E-state index contributed by atoms with van der Waals surface area (Å²) in [7, 11) is 1.76. The Morgan fingerprint density at radius 2 is 2.22 bits per heavy atom. The standard InChI is InChI=1S/C12H11N5O/c1-17-7-8(6-13-17)12(18)14-11-9-4-2-3-5-10(9)15-16-11/h2-7H,1H3,(H2,14,15,16,18). The van der Waals surface area contributed by atoms with Crippen LogP contribution in [0, 0.1) is 0 Å². The van der Waals surface area contributed by atoms with E-state index in [-0.39, 0.29) is 5.91 Å². The van der Waals surface area contributed by atoms with Crippen LogP contribution in [0.1, 0.15) is 10.4 Å². The number of nitrogens with zero attached hydrogens (tertiary/aromatic N) is 3. The third-order valence-electron chi connectivity index (χ3n) is 2.67. The number of rotatable bonds is 2. The molecule has 0 bridgehead atoms. The maximum atomic E-state index is 12.0. The number of carbonyl (C=O) groups excluding carboxylic acids is 1. The Morgan fingerprint density at radius 3 is 3.00 bits per heavy atom. The second-order valence-corrected chi connectivity index (χ2v) is 3.97. The highest BCUT2D eigenvalue weighted by Gasteiger charge is 2.11. The van der Waals surface area contributed by atoms with Gasteiger partial charge >= 0.3 is 0 Å². The first-order chi connectivity index (χ1) is 8.74.